The third-order valence-corrected chi connectivity index (χ3v) is 0.977. The molecule has 0 saturated heterocycles. The highest BCUT2D eigenvalue weighted by Gasteiger charge is 1.68. The minimum absolute atomic E-state index is 0.653. The number of rotatable bonds is 4. The van der Waals surface area contributed by atoms with Crippen LogP contribution in [0.1, 0.15) is 19.8 Å². The van der Waals surface area contributed by atoms with Crippen molar-refractivity contribution in [1.82, 2.24) is 0 Å². The average molecular weight is 125 g/mol. The van der Waals surface area contributed by atoms with Gasteiger partial charge in [0.2, 0.25) is 0 Å². The van der Waals surface area contributed by atoms with Crippen LogP contribution in [0.15, 0.2) is 24.3 Å². The molecule has 0 aromatic carbocycles. The topological polar surface area (TPSA) is 26.0 Å². The predicted molar refractivity (Wildman–Crippen MR) is 42.2 cm³/mol. The SMILES string of the molecule is CC/C=C\C/C=C\CN. The molecule has 0 aliphatic heterocycles. The third-order valence-electron chi connectivity index (χ3n) is 0.977. The molecule has 0 aliphatic carbocycles. The number of hydrogen-bond donors (Lipinski definition) is 1. The number of hydrogen-bond acceptors (Lipinski definition) is 1. The zero-order valence-electron chi connectivity index (χ0n) is 6.01. The Bertz CT molecular complexity index is 80.7. The zero-order chi connectivity index (χ0) is 6.95. The summed E-state index contributed by atoms with van der Waals surface area (Å²) in [6.45, 7) is 2.78. The monoisotopic (exact) mass is 125 g/mol. The van der Waals surface area contributed by atoms with E-state index in [1.54, 1.807) is 0 Å². The van der Waals surface area contributed by atoms with Crippen LogP contribution in [0.5, 0.6) is 0 Å². The van der Waals surface area contributed by atoms with Crippen LogP contribution < -0.4 is 5.73 Å². The standard InChI is InChI=1S/C8H15N/c1-2-3-4-5-6-7-8-9/h3-4,6-7H,2,5,8-9H2,1H3/b4-3-,7-6-. The first-order valence-corrected chi connectivity index (χ1v) is 3.42. The Morgan fingerprint density at radius 1 is 1.11 bits per heavy atom. The van der Waals surface area contributed by atoms with E-state index in [1.165, 1.54) is 0 Å². The van der Waals surface area contributed by atoms with Crippen LogP contribution in [-0.4, -0.2) is 6.54 Å². The van der Waals surface area contributed by atoms with E-state index < -0.39 is 0 Å². The Morgan fingerprint density at radius 2 is 1.78 bits per heavy atom. The minimum Gasteiger partial charge on any atom is -0.327 e. The van der Waals surface area contributed by atoms with Crippen LogP contribution in [0.4, 0.5) is 0 Å². The van der Waals surface area contributed by atoms with Gasteiger partial charge >= 0.3 is 0 Å². The molecule has 0 fully saturated rings. The van der Waals surface area contributed by atoms with Crippen LogP contribution in [0.2, 0.25) is 0 Å². The average Bonchev–Trinajstić information content (AvgIpc) is 1.89. The maximum absolute atomic E-state index is 5.23. The third kappa shape index (κ3) is 7.44. The van der Waals surface area contributed by atoms with Gasteiger partial charge in [-0.2, -0.15) is 0 Å². The van der Waals surface area contributed by atoms with E-state index >= 15 is 0 Å². The van der Waals surface area contributed by atoms with Gasteiger partial charge in [0.25, 0.3) is 0 Å². The molecule has 0 amide bonds. The Labute approximate surface area is 57.3 Å². The maximum Gasteiger partial charge on any atom is 0.0106 e. The Kier molecular flexibility index (Phi) is 6.98. The van der Waals surface area contributed by atoms with Crippen molar-refractivity contribution in [3.05, 3.63) is 24.3 Å². The Morgan fingerprint density at radius 3 is 2.33 bits per heavy atom. The molecule has 0 bridgehead atoms. The quantitative estimate of drug-likeness (QED) is 0.570. The molecule has 0 saturated carbocycles. The van der Waals surface area contributed by atoms with Crippen LogP contribution >= 0.6 is 0 Å². The van der Waals surface area contributed by atoms with Gasteiger partial charge in [-0.1, -0.05) is 31.2 Å². The summed E-state index contributed by atoms with van der Waals surface area (Å²) in [5, 5.41) is 0. The van der Waals surface area contributed by atoms with Crippen LogP contribution in [0, 0.1) is 0 Å². The summed E-state index contributed by atoms with van der Waals surface area (Å²) in [6, 6.07) is 0. The van der Waals surface area contributed by atoms with E-state index in [9.17, 15) is 0 Å². The summed E-state index contributed by atoms with van der Waals surface area (Å²) >= 11 is 0. The molecule has 0 radical (unpaired) electrons. The van der Waals surface area contributed by atoms with Gasteiger partial charge in [0.05, 0.1) is 0 Å². The van der Waals surface area contributed by atoms with Crippen LogP contribution in [0.25, 0.3) is 0 Å². The fourth-order valence-electron chi connectivity index (χ4n) is 0.534. The van der Waals surface area contributed by atoms with Gasteiger partial charge in [-0.3, -0.25) is 0 Å². The zero-order valence-corrected chi connectivity index (χ0v) is 6.01. The molecule has 0 aromatic heterocycles. The molecule has 1 nitrogen and oxygen atoms in total. The number of nitrogens with two attached hydrogens (primary N) is 1. The highest BCUT2D eigenvalue weighted by Crippen LogP contribution is 1.86. The van der Waals surface area contributed by atoms with E-state index in [-0.39, 0.29) is 0 Å². The molecule has 0 spiro atoms. The lowest BCUT2D eigenvalue weighted by atomic mass is 10.3. The Balaban J connectivity index is 3.08. The molecule has 0 aliphatic rings. The molecule has 9 heavy (non-hydrogen) atoms. The van der Waals surface area contributed by atoms with Crippen molar-refractivity contribution in [2.24, 2.45) is 5.73 Å². The Hall–Kier alpha value is -0.560. The summed E-state index contributed by atoms with van der Waals surface area (Å²) in [4.78, 5) is 0. The molecule has 0 heterocycles. The van der Waals surface area contributed by atoms with Crippen molar-refractivity contribution in [2.75, 3.05) is 6.54 Å². The molecule has 0 rings (SSSR count). The van der Waals surface area contributed by atoms with Gasteiger partial charge in [0, 0.05) is 6.54 Å². The first-order chi connectivity index (χ1) is 4.41. The van der Waals surface area contributed by atoms with Crippen LogP contribution in [-0.2, 0) is 0 Å². The summed E-state index contributed by atoms with van der Waals surface area (Å²) in [7, 11) is 0. The lowest BCUT2D eigenvalue weighted by molar-refractivity contribution is 1.19. The molecule has 52 valence electrons. The van der Waals surface area contributed by atoms with E-state index in [1.807, 2.05) is 6.08 Å². The molecular formula is C8H15N. The highest BCUT2D eigenvalue weighted by atomic mass is 14.5. The minimum atomic E-state index is 0.653. The van der Waals surface area contributed by atoms with Gasteiger partial charge in [-0.25, -0.2) is 0 Å². The van der Waals surface area contributed by atoms with Gasteiger partial charge in [0.15, 0.2) is 0 Å². The first kappa shape index (κ1) is 8.44. The van der Waals surface area contributed by atoms with Crippen molar-refractivity contribution in [2.45, 2.75) is 19.8 Å². The lowest BCUT2D eigenvalue weighted by Crippen LogP contribution is -1.91. The molecule has 0 aromatic rings. The lowest BCUT2D eigenvalue weighted by Gasteiger charge is -1.80. The van der Waals surface area contributed by atoms with E-state index in [0.717, 1.165) is 12.8 Å². The fourth-order valence-corrected chi connectivity index (χ4v) is 0.534. The van der Waals surface area contributed by atoms with Gasteiger partial charge in [0.1, 0.15) is 0 Å². The summed E-state index contributed by atoms with van der Waals surface area (Å²) in [5.41, 5.74) is 5.23. The molecule has 2 N–H and O–H groups in total. The molecule has 0 unspecified atom stereocenters. The van der Waals surface area contributed by atoms with Gasteiger partial charge in [-0.05, 0) is 12.8 Å². The van der Waals surface area contributed by atoms with Crippen molar-refractivity contribution in [3.8, 4) is 0 Å². The molecular weight excluding hydrogens is 110 g/mol. The van der Waals surface area contributed by atoms with Crippen molar-refractivity contribution in [3.63, 3.8) is 0 Å². The predicted octanol–water partition coefficient (Wildman–Crippen LogP) is 1.86. The smallest absolute Gasteiger partial charge is 0.0106 e. The van der Waals surface area contributed by atoms with Crippen molar-refractivity contribution in [1.29, 1.82) is 0 Å². The van der Waals surface area contributed by atoms with Gasteiger partial charge in [-0.15, -0.1) is 0 Å². The van der Waals surface area contributed by atoms with E-state index in [4.69, 9.17) is 5.73 Å². The second-order valence-electron chi connectivity index (χ2n) is 1.82. The highest BCUT2D eigenvalue weighted by molar-refractivity contribution is 4.92. The fraction of sp³-hybridized carbons (Fsp3) is 0.500. The van der Waals surface area contributed by atoms with E-state index in [2.05, 4.69) is 25.2 Å². The van der Waals surface area contributed by atoms with Gasteiger partial charge < -0.3 is 5.73 Å². The summed E-state index contributed by atoms with van der Waals surface area (Å²) in [5.74, 6) is 0. The first-order valence-electron chi connectivity index (χ1n) is 3.42. The largest absolute Gasteiger partial charge is 0.327 e. The van der Waals surface area contributed by atoms with Crippen molar-refractivity contribution < 1.29 is 0 Å². The van der Waals surface area contributed by atoms with Crippen molar-refractivity contribution >= 4 is 0 Å². The number of allylic oxidation sites excluding steroid dienone is 3. The second kappa shape index (κ2) is 7.44. The normalized spacial score (nSPS) is 11.8. The molecule has 1 heteroatoms. The van der Waals surface area contributed by atoms with E-state index in [0.29, 0.717) is 6.54 Å². The summed E-state index contributed by atoms with van der Waals surface area (Å²) < 4.78 is 0. The van der Waals surface area contributed by atoms with Crippen LogP contribution in [0.3, 0.4) is 0 Å². The molecule has 0 atom stereocenters. The maximum atomic E-state index is 5.23. The second-order valence-corrected chi connectivity index (χ2v) is 1.82. The summed E-state index contributed by atoms with van der Waals surface area (Å²) in [6.07, 6.45) is 10.5.